The van der Waals surface area contributed by atoms with E-state index in [-0.39, 0.29) is 11.9 Å². The van der Waals surface area contributed by atoms with Crippen molar-refractivity contribution in [3.63, 3.8) is 0 Å². The number of aliphatic hydroxyl groups is 1. The third-order valence-corrected chi connectivity index (χ3v) is 3.34. The van der Waals surface area contributed by atoms with E-state index in [0.29, 0.717) is 18.5 Å². The summed E-state index contributed by atoms with van der Waals surface area (Å²) in [4.78, 5) is 7.83. The van der Waals surface area contributed by atoms with Gasteiger partial charge in [0.2, 0.25) is 0 Å². The summed E-state index contributed by atoms with van der Waals surface area (Å²) in [7, 11) is 0. The van der Waals surface area contributed by atoms with Gasteiger partial charge >= 0.3 is 0 Å². The zero-order valence-electron chi connectivity index (χ0n) is 12.3. The van der Waals surface area contributed by atoms with Crippen molar-refractivity contribution in [3.8, 4) is 0 Å². The van der Waals surface area contributed by atoms with Gasteiger partial charge in [-0.25, -0.2) is 14.4 Å². The topological polar surface area (TPSA) is 58.0 Å². The molecule has 5 heteroatoms. The number of hydrogen-bond acceptors (Lipinski definition) is 4. The Morgan fingerprint density at radius 2 is 1.95 bits per heavy atom. The van der Waals surface area contributed by atoms with Crippen LogP contribution in [0.25, 0.3) is 0 Å². The van der Waals surface area contributed by atoms with Crippen LogP contribution in [0.3, 0.4) is 0 Å². The number of aryl methyl sites for hydroxylation is 1. The second-order valence-corrected chi connectivity index (χ2v) is 5.04. The molecular formula is C16H20FN3O. The number of benzene rings is 1. The fourth-order valence-electron chi connectivity index (χ4n) is 2.19. The highest BCUT2D eigenvalue weighted by Crippen LogP contribution is 2.21. The summed E-state index contributed by atoms with van der Waals surface area (Å²) < 4.78 is 14.0. The second kappa shape index (κ2) is 7.13. The van der Waals surface area contributed by atoms with E-state index in [1.165, 1.54) is 6.33 Å². The predicted molar refractivity (Wildman–Crippen MR) is 80.5 cm³/mol. The van der Waals surface area contributed by atoms with E-state index in [1.807, 2.05) is 44.2 Å². The van der Waals surface area contributed by atoms with Crippen LogP contribution in [-0.4, -0.2) is 21.1 Å². The molecule has 0 amide bonds. The highest BCUT2D eigenvalue weighted by Gasteiger charge is 2.15. The maximum Gasteiger partial charge on any atom is 0.186 e. The average Bonchev–Trinajstić information content (AvgIpc) is 2.50. The van der Waals surface area contributed by atoms with Crippen LogP contribution < -0.4 is 5.32 Å². The molecule has 0 saturated heterocycles. The third kappa shape index (κ3) is 3.98. The zero-order valence-corrected chi connectivity index (χ0v) is 12.3. The van der Waals surface area contributed by atoms with Crippen LogP contribution in [0.4, 0.5) is 10.2 Å². The molecule has 2 rings (SSSR count). The fourth-order valence-corrected chi connectivity index (χ4v) is 2.19. The minimum Gasteiger partial charge on any atom is -0.388 e. The molecule has 2 unspecified atom stereocenters. The standard InChI is InChI=1S/C16H20FN3O/c1-3-13-15(17)16(19-10-18-13)20-11(2)9-14(21)12-7-5-4-6-8-12/h4-8,10-11,14,21H,3,9H2,1-2H3,(H,18,19,20). The summed E-state index contributed by atoms with van der Waals surface area (Å²) in [6, 6.07) is 9.30. The van der Waals surface area contributed by atoms with Gasteiger partial charge in [0.25, 0.3) is 0 Å². The van der Waals surface area contributed by atoms with Crippen LogP contribution in [0, 0.1) is 5.82 Å². The molecule has 0 spiro atoms. The minimum absolute atomic E-state index is 0.116. The van der Waals surface area contributed by atoms with Crippen LogP contribution >= 0.6 is 0 Å². The Hall–Kier alpha value is -2.01. The molecule has 2 aromatic rings. The fraction of sp³-hybridized carbons (Fsp3) is 0.375. The Morgan fingerprint density at radius 1 is 1.24 bits per heavy atom. The Balaban J connectivity index is 2.00. The molecule has 2 atom stereocenters. The third-order valence-electron chi connectivity index (χ3n) is 3.34. The minimum atomic E-state index is -0.593. The molecule has 112 valence electrons. The first kappa shape index (κ1) is 15.4. The lowest BCUT2D eigenvalue weighted by Crippen LogP contribution is -2.20. The SMILES string of the molecule is CCc1ncnc(NC(C)CC(O)c2ccccc2)c1F. The molecule has 2 N–H and O–H groups in total. The van der Waals surface area contributed by atoms with E-state index in [4.69, 9.17) is 0 Å². The molecule has 1 aromatic carbocycles. The lowest BCUT2D eigenvalue weighted by molar-refractivity contribution is 0.162. The molecule has 0 bridgehead atoms. The molecule has 0 aliphatic carbocycles. The maximum atomic E-state index is 14.0. The predicted octanol–water partition coefficient (Wildman–Crippen LogP) is 3.10. The molecule has 21 heavy (non-hydrogen) atoms. The second-order valence-electron chi connectivity index (χ2n) is 5.04. The monoisotopic (exact) mass is 289 g/mol. The van der Waals surface area contributed by atoms with E-state index in [2.05, 4.69) is 15.3 Å². The number of hydrogen-bond donors (Lipinski definition) is 2. The van der Waals surface area contributed by atoms with Crippen LogP contribution in [0.5, 0.6) is 0 Å². The summed E-state index contributed by atoms with van der Waals surface area (Å²) in [6.07, 6.45) is 1.74. The lowest BCUT2D eigenvalue weighted by atomic mass is 10.0. The molecule has 0 fully saturated rings. The first-order chi connectivity index (χ1) is 10.1. The van der Waals surface area contributed by atoms with Crippen LogP contribution in [0.15, 0.2) is 36.7 Å². The van der Waals surface area contributed by atoms with Crippen LogP contribution in [0.2, 0.25) is 0 Å². The summed E-state index contributed by atoms with van der Waals surface area (Å²) >= 11 is 0. The molecule has 0 aliphatic rings. The van der Waals surface area contributed by atoms with Gasteiger partial charge in [0.05, 0.1) is 11.8 Å². The first-order valence-electron chi connectivity index (χ1n) is 7.10. The molecule has 0 aliphatic heterocycles. The van der Waals surface area contributed by atoms with Gasteiger partial charge in [0.15, 0.2) is 11.6 Å². The lowest BCUT2D eigenvalue weighted by Gasteiger charge is -2.19. The van der Waals surface area contributed by atoms with Gasteiger partial charge in [0.1, 0.15) is 6.33 Å². The van der Waals surface area contributed by atoms with Crippen molar-refractivity contribution in [1.29, 1.82) is 0 Å². The van der Waals surface area contributed by atoms with Crippen LogP contribution in [0.1, 0.15) is 37.6 Å². The van der Waals surface area contributed by atoms with Gasteiger partial charge in [-0.2, -0.15) is 0 Å². The molecule has 0 radical (unpaired) electrons. The van der Waals surface area contributed by atoms with E-state index < -0.39 is 11.9 Å². The van der Waals surface area contributed by atoms with Gasteiger partial charge < -0.3 is 10.4 Å². The number of anilines is 1. The number of nitrogens with zero attached hydrogens (tertiary/aromatic N) is 2. The number of nitrogens with one attached hydrogen (secondary N) is 1. The number of rotatable bonds is 6. The number of aliphatic hydroxyl groups excluding tert-OH is 1. The van der Waals surface area contributed by atoms with Crippen molar-refractivity contribution in [3.05, 3.63) is 53.7 Å². The quantitative estimate of drug-likeness (QED) is 0.858. The van der Waals surface area contributed by atoms with E-state index >= 15 is 0 Å². The molecule has 1 aromatic heterocycles. The number of aromatic nitrogens is 2. The summed E-state index contributed by atoms with van der Waals surface area (Å²) in [5.41, 5.74) is 1.24. The highest BCUT2D eigenvalue weighted by molar-refractivity contribution is 5.38. The van der Waals surface area contributed by atoms with E-state index in [1.54, 1.807) is 0 Å². The Morgan fingerprint density at radius 3 is 2.62 bits per heavy atom. The zero-order chi connectivity index (χ0) is 15.2. The first-order valence-corrected chi connectivity index (χ1v) is 7.10. The van der Waals surface area contributed by atoms with E-state index in [9.17, 15) is 9.50 Å². The normalized spacial score (nSPS) is 13.7. The van der Waals surface area contributed by atoms with Crippen molar-refractivity contribution in [1.82, 2.24) is 9.97 Å². The van der Waals surface area contributed by atoms with Crippen LogP contribution in [-0.2, 0) is 6.42 Å². The summed E-state index contributed by atoms with van der Waals surface area (Å²) in [5.74, 6) is -0.226. The molecule has 1 heterocycles. The van der Waals surface area contributed by atoms with Crippen molar-refractivity contribution in [2.75, 3.05) is 5.32 Å². The maximum absolute atomic E-state index is 14.0. The average molecular weight is 289 g/mol. The molecular weight excluding hydrogens is 269 g/mol. The summed E-state index contributed by atoms with van der Waals surface area (Å²) in [6.45, 7) is 3.73. The van der Waals surface area contributed by atoms with Gasteiger partial charge in [-0.05, 0) is 25.3 Å². The summed E-state index contributed by atoms with van der Waals surface area (Å²) in [5, 5.41) is 13.2. The van der Waals surface area contributed by atoms with Gasteiger partial charge in [-0.3, -0.25) is 0 Å². The van der Waals surface area contributed by atoms with Crippen molar-refractivity contribution >= 4 is 5.82 Å². The highest BCUT2D eigenvalue weighted by atomic mass is 19.1. The molecule has 4 nitrogen and oxygen atoms in total. The van der Waals surface area contributed by atoms with Gasteiger partial charge in [0, 0.05) is 6.04 Å². The number of halogens is 1. The largest absolute Gasteiger partial charge is 0.388 e. The smallest absolute Gasteiger partial charge is 0.186 e. The van der Waals surface area contributed by atoms with Gasteiger partial charge in [-0.15, -0.1) is 0 Å². The van der Waals surface area contributed by atoms with Crippen molar-refractivity contribution in [2.24, 2.45) is 0 Å². The Bertz CT molecular complexity index is 577. The van der Waals surface area contributed by atoms with Crippen molar-refractivity contribution < 1.29 is 9.50 Å². The van der Waals surface area contributed by atoms with Crippen molar-refractivity contribution in [2.45, 2.75) is 38.8 Å². The Kier molecular flexibility index (Phi) is 5.22. The van der Waals surface area contributed by atoms with E-state index in [0.717, 1.165) is 5.56 Å². The van der Waals surface area contributed by atoms with Gasteiger partial charge in [-0.1, -0.05) is 37.3 Å². The Labute approximate surface area is 124 Å². The molecule has 0 saturated carbocycles.